The largest absolute Gasteiger partial charge is 0.481 e. The summed E-state index contributed by atoms with van der Waals surface area (Å²) in [5.74, 6) is 1.30. The molecule has 0 saturated heterocycles. The highest BCUT2D eigenvalue weighted by Gasteiger charge is 2.54. The highest BCUT2D eigenvalue weighted by Crippen LogP contribution is 2.60. The number of carbonyl (C=O) groups excluding carboxylic acids is 1. The zero-order valence-electron chi connectivity index (χ0n) is 17.3. The summed E-state index contributed by atoms with van der Waals surface area (Å²) in [6, 6.07) is 7.61. The molecule has 4 bridgehead atoms. The fourth-order valence-corrected chi connectivity index (χ4v) is 6.34. The van der Waals surface area contributed by atoms with E-state index in [-0.39, 0.29) is 23.2 Å². The number of carboxylic acid groups (broad SMARTS) is 1. The second kappa shape index (κ2) is 6.89. The number of hydrogen-bond donors (Lipinski definition) is 2. The molecule has 2 N–H and O–H groups in total. The molecule has 4 heteroatoms. The van der Waals surface area contributed by atoms with Crippen LogP contribution in [-0.4, -0.2) is 17.0 Å². The van der Waals surface area contributed by atoms with Gasteiger partial charge in [0, 0.05) is 5.41 Å². The third kappa shape index (κ3) is 3.70. The van der Waals surface area contributed by atoms with E-state index in [4.69, 9.17) is 0 Å². The first-order chi connectivity index (χ1) is 13.1. The van der Waals surface area contributed by atoms with Gasteiger partial charge >= 0.3 is 5.97 Å². The van der Waals surface area contributed by atoms with Gasteiger partial charge in [-0.2, -0.15) is 0 Å². The van der Waals surface area contributed by atoms with Crippen LogP contribution in [0.25, 0.3) is 0 Å². The highest BCUT2D eigenvalue weighted by molar-refractivity contribution is 5.84. The summed E-state index contributed by atoms with van der Waals surface area (Å²) in [5.41, 5.74) is 1.88. The van der Waals surface area contributed by atoms with Gasteiger partial charge in [-0.15, -0.1) is 0 Å². The van der Waals surface area contributed by atoms with E-state index in [1.165, 1.54) is 24.8 Å². The zero-order chi connectivity index (χ0) is 20.1. The van der Waals surface area contributed by atoms with Crippen LogP contribution in [0.3, 0.4) is 0 Å². The SMILES string of the molecule is CC(C)(C)c1ccc([C@@H](CC(=O)O)NC(=O)C23CC4CC(CC(C4)C2)C3)cc1. The molecule has 28 heavy (non-hydrogen) atoms. The lowest BCUT2D eigenvalue weighted by Gasteiger charge is -2.55. The first kappa shape index (κ1) is 19.5. The van der Waals surface area contributed by atoms with Crippen molar-refractivity contribution in [3.8, 4) is 0 Å². The Morgan fingerprint density at radius 3 is 1.96 bits per heavy atom. The maximum Gasteiger partial charge on any atom is 0.305 e. The van der Waals surface area contributed by atoms with Crippen LogP contribution in [0, 0.1) is 23.2 Å². The van der Waals surface area contributed by atoms with Crippen LogP contribution in [0.1, 0.15) is 82.9 Å². The van der Waals surface area contributed by atoms with Crippen molar-refractivity contribution >= 4 is 11.9 Å². The van der Waals surface area contributed by atoms with Gasteiger partial charge in [-0.05, 0) is 72.8 Å². The molecule has 1 atom stereocenters. The molecule has 1 amide bonds. The number of aliphatic carboxylic acids is 1. The molecule has 4 aliphatic rings. The molecule has 1 aromatic rings. The van der Waals surface area contributed by atoms with E-state index in [1.54, 1.807) is 0 Å². The molecule has 0 aliphatic heterocycles. The van der Waals surface area contributed by atoms with E-state index < -0.39 is 12.0 Å². The summed E-state index contributed by atoms with van der Waals surface area (Å²) in [6.45, 7) is 6.47. The van der Waals surface area contributed by atoms with Gasteiger partial charge < -0.3 is 10.4 Å². The lowest BCUT2D eigenvalue weighted by atomic mass is 9.49. The Morgan fingerprint density at radius 1 is 1.04 bits per heavy atom. The average molecular weight is 384 g/mol. The van der Waals surface area contributed by atoms with E-state index in [1.807, 2.05) is 12.1 Å². The fraction of sp³-hybridized carbons (Fsp3) is 0.667. The number of rotatable bonds is 5. The quantitative estimate of drug-likeness (QED) is 0.765. The van der Waals surface area contributed by atoms with E-state index in [2.05, 4.69) is 38.2 Å². The van der Waals surface area contributed by atoms with Crippen LogP contribution in [0.4, 0.5) is 0 Å². The lowest BCUT2D eigenvalue weighted by molar-refractivity contribution is -0.147. The van der Waals surface area contributed by atoms with Crippen LogP contribution in [0.2, 0.25) is 0 Å². The normalized spacial score (nSPS) is 32.2. The van der Waals surface area contributed by atoms with Crippen LogP contribution >= 0.6 is 0 Å². The molecule has 1 aromatic carbocycles. The van der Waals surface area contributed by atoms with Crippen molar-refractivity contribution in [3.05, 3.63) is 35.4 Å². The Kier molecular flexibility index (Phi) is 4.79. The molecular weight excluding hydrogens is 350 g/mol. The van der Waals surface area contributed by atoms with Crippen LogP contribution in [0.15, 0.2) is 24.3 Å². The van der Waals surface area contributed by atoms with Gasteiger partial charge in [-0.25, -0.2) is 0 Å². The van der Waals surface area contributed by atoms with E-state index in [0.717, 1.165) is 24.8 Å². The standard InChI is InChI=1S/C24H33NO3/c1-23(2,3)19-6-4-18(5-7-19)20(11-21(26)27)25-22(28)24-12-15-8-16(13-24)10-17(9-15)14-24/h4-7,15-17,20H,8-14H2,1-3H3,(H,25,28)(H,26,27)/t15?,16?,17?,20-,24?/m1/s1. The molecule has 5 rings (SSSR count). The van der Waals surface area contributed by atoms with Gasteiger partial charge in [0.15, 0.2) is 0 Å². The Bertz CT molecular complexity index is 724. The summed E-state index contributed by atoms with van der Waals surface area (Å²) in [6.07, 6.45) is 6.78. The van der Waals surface area contributed by atoms with Crippen LogP contribution in [0.5, 0.6) is 0 Å². The fourth-order valence-electron chi connectivity index (χ4n) is 6.34. The molecule has 4 nitrogen and oxygen atoms in total. The number of nitrogens with one attached hydrogen (secondary N) is 1. The van der Waals surface area contributed by atoms with Crippen LogP contribution in [-0.2, 0) is 15.0 Å². The number of amides is 1. The summed E-state index contributed by atoms with van der Waals surface area (Å²) >= 11 is 0. The second-order valence-electron chi connectivity index (χ2n) is 10.7. The minimum absolute atomic E-state index is 0.0449. The summed E-state index contributed by atoms with van der Waals surface area (Å²) < 4.78 is 0. The first-order valence-electron chi connectivity index (χ1n) is 10.8. The molecule has 4 fully saturated rings. The molecular formula is C24H33NO3. The molecule has 0 aromatic heterocycles. The predicted octanol–water partition coefficient (Wildman–Crippen LogP) is 4.83. The van der Waals surface area contributed by atoms with Crippen molar-refractivity contribution in [2.24, 2.45) is 23.2 Å². The minimum atomic E-state index is -0.879. The number of hydrogen-bond acceptors (Lipinski definition) is 2. The molecule has 0 unspecified atom stereocenters. The van der Waals surface area contributed by atoms with Gasteiger partial charge in [0.1, 0.15) is 0 Å². The Hall–Kier alpha value is -1.84. The zero-order valence-corrected chi connectivity index (χ0v) is 17.3. The predicted molar refractivity (Wildman–Crippen MR) is 109 cm³/mol. The van der Waals surface area contributed by atoms with E-state index in [9.17, 15) is 14.7 Å². The third-order valence-electron chi connectivity index (χ3n) is 7.38. The maximum atomic E-state index is 13.4. The average Bonchev–Trinajstić information content (AvgIpc) is 2.59. The van der Waals surface area contributed by atoms with Crippen molar-refractivity contribution in [2.75, 3.05) is 0 Å². The Morgan fingerprint density at radius 2 is 1.54 bits per heavy atom. The monoisotopic (exact) mass is 383 g/mol. The molecule has 0 spiro atoms. The van der Waals surface area contributed by atoms with Gasteiger partial charge in [-0.3, -0.25) is 9.59 Å². The van der Waals surface area contributed by atoms with Gasteiger partial charge in [0.2, 0.25) is 5.91 Å². The van der Waals surface area contributed by atoms with E-state index >= 15 is 0 Å². The van der Waals surface area contributed by atoms with E-state index in [0.29, 0.717) is 17.8 Å². The number of carbonyl (C=O) groups is 2. The van der Waals surface area contributed by atoms with Crippen molar-refractivity contribution in [1.29, 1.82) is 0 Å². The summed E-state index contributed by atoms with van der Waals surface area (Å²) in [7, 11) is 0. The molecule has 4 aliphatic carbocycles. The van der Waals surface area contributed by atoms with Crippen molar-refractivity contribution in [3.63, 3.8) is 0 Å². The minimum Gasteiger partial charge on any atom is -0.481 e. The van der Waals surface area contributed by atoms with Crippen molar-refractivity contribution in [1.82, 2.24) is 5.32 Å². The molecule has 0 heterocycles. The van der Waals surface area contributed by atoms with Gasteiger partial charge in [0.25, 0.3) is 0 Å². The summed E-state index contributed by atoms with van der Waals surface area (Å²) in [4.78, 5) is 24.9. The maximum absolute atomic E-state index is 13.4. The first-order valence-corrected chi connectivity index (χ1v) is 10.8. The lowest BCUT2D eigenvalue weighted by Crippen LogP contribution is -2.54. The summed E-state index contributed by atoms with van der Waals surface area (Å²) in [5, 5.41) is 12.6. The Balaban J connectivity index is 1.54. The molecule has 0 radical (unpaired) electrons. The topological polar surface area (TPSA) is 66.4 Å². The smallest absolute Gasteiger partial charge is 0.305 e. The second-order valence-corrected chi connectivity index (χ2v) is 10.7. The number of benzene rings is 1. The third-order valence-corrected chi connectivity index (χ3v) is 7.38. The highest BCUT2D eigenvalue weighted by atomic mass is 16.4. The Labute approximate surface area is 168 Å². The van der Waals surface area contributed by atoms with Gasteiger partial charge in [0.05, 0.1) is 12.5 Å². The van der Waals surface area contributed by atoms with Crippen LogP contribution < -0.4 is 5.32 Å². The molecule has 152 valence electrons. The van der Waals surface area contributed by atoms with Crippen molar-refractivity contribution < 1.29 is 14.7 Å². The van der Waals surface area contributed by atoms with Crippen molar-refractivity contribution in [2.45, 2.75) is 77.2 Å². The number of carboxylic acids is 1. The van der Waals surface area contributed by atoms with Gasteiger partial charge in [-0.1, -0.05) is 45.0 Å². The molecule has 4 saturated carbocycles.